The number of hydrogen-bond donors (Lipinski definition) is 1. The molecule has 0 atom stereocenters. The van der Waals surface area contributed by atoms with Crippen LogP contribution in [0.25, 0.3) is 11.3 Å². The zero-order chi connectivity index (χ0) is 20.4. The second-order valence-corrected chi connectivity index (χ2v) is 10.5. The predicted octanol–water partition coefficient (Wildman–Crippen LogP) is 5.43. The minimum Gasteiger partial charge on any atom is -0.361 e. The maximum Gasteiger partial charge on any atom is 0.210 e. The Kier molecular flexibility index (Phi) is 6.44. The van der Waals surface area contributed by atoms with Crippen LogP contribution < -0.4 is 5.32 Å². The first kappa shape index (κ1) is 20.7. The SMILES string of the molecule is CC(C)N(C=O)C1CCC(CNc2nc3c(s2)CCSc2ccc(F)cc2-3)CC1. The monoisotopic (exact) mass is 433 g/mol. The van der Waals surface area contributed by atoms with Crippen molar-refractivity contribution >= 4 is 34.6 Å². The lowest BCUT2D eigenvalue weighted by molar-refractivity contribution is -0.122. The highest BCUT2D eigenvalue weighted by atomic mass is 32.2. The van der Waals surface area contributed by atoms with Gasteiger partial charge in [-0.15, -0.1) is 23.1 Å². The third kappa shape index (κ3) is 4.61. The molecule has 1 amide bonds. The summed E-state index contributed by atoms with van der Waals surface area (Å²) in [5.74, 6) is 1.40. The molecule has 1 N–H and O–H groups in total. The van der Waals surface area contributed by atoms with Crippen molar-refractivity contribution in [2.75, 3.05) is 17.6 Å². The van der Waals surface area contributed by atoms with Crippen LogP contribution in [-0.4, -0.2) is 40.7 Å². The summed E-state index contributed by atoms with van der Waals surface area (Å²) in [5, 5.41) is 4.48. The molecule has 0 unspecified atom stereocenters. The van der Waals surface area contributed by atoms with Crippen molar-refractivity contribution in [1.82, 2.24) is 9.88 Å². The molecule has 7 heteroatoms. The van der Waals surface area contributed by atoms with Gasteiger partial charge in [-0.25, -0.2) is 9.37 Å². The van der Waals surface area contributed by atoms with Gasteiger partial charge in [-0.1, -0.05) is 0 Å². The number of carbonyl (C=O) groups excluding carboxylic acids is 1. The molecule has 29 heavy (non-hydrogen) atoms. The van der Waals surface area contributed by atoms with Crippen LogP contribution >= 0.6 is 23.1 Å². The average molecular weight is 434 g/mol. The van der Waals surface area contributed by atoms with Gasteiger partial charge in [0.2, 0.25) is 6.41 Å². The molecule has 4 rings (SSSR count). The summed E-state index contributed by atoms with van der Waals surface area (Å²) in [7, 11) is 0. The number of aryl methyl sites for hydroxylation is 1. The molecular weight excluding hydrogens is 405 g/mol. The third-order valence-corrected chi connectivity index (χ3v) is 8.13. The molecule has 1 aromatic carbocycles. The molecule has 156 valence electrons. The van der Waals surface area contributed by atoms with Crippen molar-refractivity contribution < 1.29 is 9.18 Å². The second-order valence-electron chi connectivity index (χ2n) is 8.23. The number of thiazole rings is 1. The Morgan fingerprint density at radius 3 is 2.83 bits per heavy atom. The molecule has 2 aliphatic rings. The van der Waals surface area contributed by atoms with Crippen molar-refractivity contribution in [2.45, 2.75) is 62.9 Å². The lowest BCUT2D eigenvalue weighted by Gasteiger charge is -2.37. The number of halogens is 1. The molecule has 2 aromatic rings. The number of nitrogens with zero attached hydrogens (tertiary/aromatic N) is 2. The largest absolute Gasteiger partial charge is 0.361 e. The highest BCUT2D eigenvalue weighted by Gasteiger charge is 2.27. The number of amides is 1. The Hall–Kier alpha value is -1.60. The summed E-state index contributed by atoms with van der Waals surface area (Å²) in [6, 6.07) is 5.66. The number of nitrogens with one attached hydrogen (secondary N) is 1. The van der Waals surface area contributed by atoms with Gasteiger partial charge in [0.05, 0.1) is 5.69 Å². The van der Waals surface area contributed by atoms with Gasteiger partial charge in [-0.05, 0) is 70.1 Å². The Morgan fingerprint density at radius 1 is 1.31 bits per heavy atom. The van der Waals surface area contributed by atoms with Crippen LogP contribution in [0.1, 0.15) is 44.4 Å². The molecule has 1 fully saturated rings. The van der Waals surface area contributed by atoms with E-state index < -0.39 is 0 Å². The van der Waals surface area contributed by atoms with Crippen molar-refractivity contribution in [3.63, 3.8) is 0 Å². The first-order chi connectivity index (χ1) is 14.0. The van der Waals surface area contributed by atoms with Gasteiger partial charge in [0.25, 0.3) is 0 Å². The van der Waals surface area contributed by atoms with Gasteiger partial charge in [0.1, 0.15) is 5.82 Å². The molecule has 0 bridgehead atoms. The van der Waals surface area contributed by atoms with Crippen LogP contribution in [0.3, 0.4) is 0 Å². The minimum absolute atomic E-state index is 0.206. The number of benzene rings is 1. The maximum absolute atomic E-state index is 13.8. The van der Waals surface area contributed by atoms with E-state index in [0.29, 0.717) is 12.0 Å². The van der Waals surface area contributed by atoms with Crippen molar-refractivity contribution in [2.24, 2.45) is 5.92 Å². The Morgan fingerprint density at radius 2 is 2.10 bits per heavy atom. The number of carbonyl (C=O) groups is 1. The van der Waals surface area contributed by atoms with Gasteiger partial charge in [0.15, 0.2) is 5.13 Å². The molecule has 1 saturated carbocycles. The van der Waals surface area contributed by atoms with Crippen LogP contribution in [0.5, 0.6) is 0 Å². The molecule has 0 radical (unpaired) electrons. The number of aromatic nitrogens is 1. The van der Waals surface area contributed by atoms with E-state index in [4.69, 9.17) is 4.98 Å². The molecule has 1 aliphatic heterocycles. The minimum atomic E-state index is -0.206. The van der Waals surface area contributed by atoms with Crippen LogP contribution in [0, 0.1) is 11.7 Å². The highest BCUT2D eigenvalue weighted by Crippen LogP contribution is 2.41. The van der Waals surface area contributed by atoms with Crippen molar-refractivity contribution in [1.29, 1.82) is 0 Å². The van der Waals surface area contributed by atoms with E-state index in [0.717, 1.165) is 72.1 Å². The number of fused-ring (bicyclic) bond motifs is 3. The van der Waals surface area contributed by atoms with E-state index in [1.807, 2.05) is 11.0 Å². The summed E-state index contributed by atoms with van der Waals surface area (Å²) < 4.78 is 13.8. The molecule has 4 nitrogen and oxygen atoms in total. The van der Waals surface area contributed by atoms with Crippen molar-refractivity contribution in [3.05, 3.63) is 28.9 Å². The second kappa shape index (κ2) is 9.04. The van der Waals surface area contributed by atoms with E-state index in [9.17, 15) is 9.18 Å². The number of anilines is 1. The predicted molar refractivity (Wildman–Crippen MR) is 119 cm³/mol. The number of hydrogen-bond acceptors (Lipinski definition) is 5. The molecule has 1 aliphatic carbocycles. The van der Waals surface area contributed by atoms with Crippen LogP contribution in [0.2, 0.25) is 0 Å². The number of rotatable bonds is 6. The van der Waals surface area contributed by atoms with Gasteiger partial charge >= 0.3 is 0 Å². The zero-order valence-electron chi connectivity index (χ0n) is 17.0. The van der Waals surface area contributed by atoms with E-state index in [-0.39, 0.29) is 11.9 Å². The van der Waals surface area contributed by atoms with Crippen LogP contribution in [0.15, 0.2) is 23.1 Å². The highest BCUT2D eigenvalue weighted by molar-refractivity contribution is 7.99. The van der Waals surface area contributed by atoms with Crippen molar-refractivity contribution in [3.8, 4) is 11.3 Å². The fourth-order valence-electron chi connectivity index (χ4n) is 4.38. The van der Waals surface area contributed by atoms with Crippen LogP contribution in [0.4, 0.5) is 9.52 Å². The Balaban J connectivity index is 1.38. The van der Waals surface area contributed by atoms with Gasteiger partial charge in [0, 0.05) is 39.7 Å². The fraction of sp³-hybridized carbons (Fsp3) is 0.545. The molecule has 2 heterocycles. The molecule has 1 aromatic heterocycles. The molecular formula is C22H28FN3OS2. The summed E-state index contributed by atoms with van der Waals surface area (Å²) in [5.41, 5.74) is 1.87. The fourth-order valence-corrected chi connectivity index (χ4v) is 6.50. The van der Waals surface area contributed by atoms with Gasteiger partial charge < -0.3 is 10.2 Å². The van der Waals surface area contributed by atoms with E-state index in [1.165, 1.54) is 10.9 Å². The lowest BCUT2D eigenvalue weighted by atomic mass is 9.85. The third-order valence-electron chi connectivity index (χ3n) is 5.98. The van der Waals surface area contributed by atoms with E-state index in [2.05, 4.69) is 19.2 Å². The first-order valence-electron chi connectivity index (χ1n) is 10.4. The molecule has 0 spiro atoms. The quantitative estimate of drug-likeness (QED) is 0.617. The van der Waals surface area contributed by atoms with Gasteiger partial charge in [-0.2, -0.15) is 0 Å². The smallest absolute Gasteiger partial charge is 0.210 e. The number of thioether (sulfide) groups is 1. The van der Waals surface area contributed by atoms with E-state index >= 15 is 0 Å². The zero-order valence-corrected chi connectivity index (χ0v) is 18.6. The standard InChI is InChI=1S/C22H28FN3OS2/c1-14(2)26(13-27)17-6-3-15(4-7-17)12-24-22-25-21-18-11-16(23)5-8-19(18)28-10-9-20(21)29-22/h5,8,11,13-15,17H,3-4,6-7,9-10,12H2,1-2H3,(H,24,25). The topological polar surface area (TPSA) is 45.2 Å². The Labute approximate surface area is 180 Å². The first-order valence-corrected chi connectivity index (χ1v) is 12.2. The maximum atomic E-state index is 13.8. The summed E-state index contributed by atoms with van der Waals surface area (Å²) >= 11 is 3.49. The Bertz CT molecular complexity index is 862. The lowest BCUT2D eigenvalue weighted by Crippen LogP contribution is -2.42. The summed E-state index contributed by atoms with van der Waals surface area (Å²) in [6.07, 6.45) is 6.38. The summed E-state index contributed by atoms with van der Waals surface area (Å²) in [6.45, 7) is 5.07. The normalized spacial score (nSPS) is 21.2. The summed E-state index contributed by atoms with van der Waals surface area (Å²) in [4.78, 5) is 20.5. The van der Waals surface area contributed by atoms with Gasteiger partial charge in [-0.3, -0.25) is 4.79 Å². The average Bonchev–Trinajstić information content (AvgIpc) is 3.04. The van der Waals surface area contributed by atoms with E-state index in [1.54, 1.807) is 29.2 Å². The molecule has 0 saturated heterocycles. The van der Waals surface area contributed by atoms with Crippen LogP contribution in [-0.2, 0) is 11.2 Å².